The number of ether oxygens (including phenoxy) is 1. The van der Waals surface area contributed by atoms with Gasteiger partial charge in [-0.2, -0.15) is 0 Å². The van der Waals surface area contributed by atoms with Crippen molar-refractivity contribution in [2.45, 2.75) is 44.2 Å². The summed E-state index contributed by atoms with van der Waals surface area (Å²) >= 11 is 0. The van der Waals surface area contributed by atoms with Crippen molar-refractivity contribution in [2.75, 3.05) is 45.1 Å². The number of amides is 3. The number of nitrogens with zero attached hydrogens (tertiary/aromatic N) is 3. The van der Waals surface area contributed by atoms with Gasteiger partial charge in [-0.3, -0.25) is 14.5 Å². The van der Waals surface area contributed by atoms with Gasteiger partial charge in [0.25, 0.3) is 0 Å². The SMILES string of the molecule is C[C@@H](C(=O)Nc1cccc(S(N)(=O)=O)c1)N(C)CC(=O)N1CCN(C(=O)OC(C)(C)C)CC1. The normalized spacial score (nSPS) is 15.8. The molecular formula is C21H33N5O6S. The molecule has 1 saturated heterocycles. The number of nitrogens with two attached hydrogens (primary N) is 1. The Labute approximate surface area is 194 Å². The third-order valence-electron chi connectivity index (χ3n) is 5.14. The van der Waals surface area contributed by atoms with Crippen LogP contribution in [0.25, 0.3) is 0 Å². The van der Waals surface area contributed by atoms with E-state index in [0.29, 0.717) is 26.2 Å². The van der Waals surface area contributed by atoms with E-state index < -0.39 is 33.7 Å². The molecule has 0 unspecified atom stereocenters. The maximum atomic E-state index is 12.7. The number of anilines is 1. The molecule has 3 amide bonds. The van der Waals surface area contributed by atoms with Crippen molar-refractivity contribution >= 4 is 33.6 Å². The summed E-state index contributed by atoms with van der Waals surface area (Å²) in [6, 6.07) is 4.98. The molecule has 0 saturated carbocycles. The van der Waals surface area contributed by atoms with Gasteiger partial charge in [-0.1, -0.05) is 6.07 Å². The van der Waals surface area contributed by atoms with Crippen LogP contribution in [-0.4, -0.2) is 92.4 Å². The van der Waals surface area contributed by atoms with Crippen molar-refractivity contribution in [1.29, 1.82) is 0 Å². The average Bonchev–Trinajstić information content (AvgIpc) is 2.71. The maximum absolute atomic E-state index is 12.7. The fourth-order valence-electron chi connectivity index (χ4n) is 3.11. The second-order valence-electron chi connectivity index (χ2n) is 9.00. The summed E-state index contributed by atoms with van der Waals surface area (Å²) in [4.78, 5) is 42.2. The van der Waals surface area contributed by atoms with E-state index in [9.17, 15) is 22.8 Å². The molecule has 184 valence electrons. The fourth-order valence-corrected chi connectivity index (χ4v) is 3.67. The molecule has 0 radical (unpaired) electrons. The Balaban J connectivity index is 1.87. The number of rotatable bonds is 6. The van der Waals surface area contributed by atoms with Gasteiger partial charge in [0.2, 0.25) is 21.8 Å². The Morgan fingerprint density at radius 3 is 2.27 bits per heavy atom. The van der Waals surface area contributed by atoms with E-state index in [-0.39, 0.29) is 23.0 Å². The van der Waals surface area contributed by atoms with Crippen LogP contribution in [0.1, 0.15) is 27.7 Å². The van der Waals surface area contributed by atoms with Crippen LogP contribution < -0.4 is 10.5 Å². The van der Waals surface area contributed by atoms with Gasteiger partial charge in [0.05, 0.1) is 17.5 Å². The monoisotopic (exact) mass is 483 g/mol. The van der Waals surface area contributed by atoms with E-state index in [1.807, 2.05) is 0 Å². The molecule has 1 fully saturated rings. The molecule has 0 bridgehead atoms. The van der Waals surface area contributed by atoms with Crippen molar-refractivity contribution in [3.05, 3.63) is 24.3 Å². The first-order valence-corrected chi connectivity index (χ1v) is 12.1. The van der Waals surface area contributed by atoms with Crippen LogP contribution in [0.5, 0.6) is 0 Å². The lowest BCUT2D eigenvalue weighted by atomic mass is 10.2. The van der Waals surface area contributed by atoms with Crippen LogP contribution in [0.15, 0.2) is 29.2 Å². The van der Waals surface area contributed by atoms with E-state index in [2.05, 4.69) is 5.32 Å². The highest BCUT2D eigenvalue weighted by Crippen LogP contribution is 2.15. The number of benzene rings is 1. The van der Waals surface area contributed by atoms with Crippen LogP contribution in [0.3, 0.4) is 0 Å². The molecule has 3 N–H and O–H groups in total. The van der Waals surface area contributed by atoms with Gasteiger partial charge in [-0.05, 0) is 52.9 Å². The minimum atomic E-state index is -3.89. The average molecular weight is 484 g/mol. The van der Waals surface area contributed by atoms with Gasteiger partial charge in [0.1, 0.15) is 5.60 Å². The molecule has 11 nitrogen and oxygen atoms in total. The smallest absolute Gasteiger partial charge is 0.410 e. The third kappa shape index (κ3) is 7.98. The first-order chi connectivity index (χ1) is 15.2. The summed E-state index contributed by atoms with van der Waals surface area (Å²) in [6.07, 6.45) is -0.400. The molecule has 1 aliphatic rings. The van der Waals surface area contributed by atoms with Crippen molar-refractivity contribution in [3.8, 4) is 0 Å². The molecule has 1 aromatic carbocycles. The molecule has 0 aliphatic carbocycles. The lowest BCUT2D eigenvalue weighted by molar-refractivity contribution is -0.135. The number of carbonyl (C=O) groups excluding carboxylic acids is 3. The number of carbonyl (C=O) groups is 3. The van der Waals surface area contributed by atoms with Crippen LogP contribution in [-0.2, 0) is 24.3 Å². The quantitative estimate of drug-likeness (QED) is 0.605. The lowest BCUT2D eigenvalue weighted by Crippen LogP contribution is -2.54. The molecule has 0 aromatic heterocycles. The van der Waals surface area contributed by atoms with E-state index in [4.69, 9.17) is 9.88 Å². The second kappa shape index (κ2) is 10.5. The second-order valence-corrected chi connectivity index (χ2v) is 10.6. The highest BCUT2D eigenvalue weighted by Gasteiger charge is 2.29. The Hall–Kier alpha value is -2.70. The zero-order chi connectivity index (χ0) is 25.0. The van der Waals surface area contributed by atoms with E-state index >= 15 is 0 Å². The van der Waals surface area contributed by atoms with Gasteiger partial charge in [0.15, 0.2) is 0 Å². The Bertz CT molecular complexity index is 983. The summed E-state index contributed by atoms with van der Waals surface area (Å²) < 4.78 is 28.3. The number of sulfonamides is 1. The van der Waals surface area contributed by atoms with E-state index in [1.54, 1.807) is 55.5 Å². The summed E-state index contributed by atoms with van der Waals surface area (Å²) in [5.74, 6) is -0.552. The largest absolute Gasteiger partial charge is 0.444 e. The predicted octanol–water partition coefficient (Wildman–Crippen LogP) is 0.672. The molecule has 33 heavy (non-hydrogen) atoms. The van der Waals surface area contributed by atoms with Crippen molar-refractivity contribution < 1.29 is 27.5 Å². The van der Waals surface area contributed by atoms with Gasteiger partial charge >= 0.3 is 6.09 Å². The topological polar surface area (TPSA) is 142 Å². The zero-order valence-corrected chi connectivity index (χ0v) is 20.5. The summed E-state index contributed by atoms with van der Waals surface area (Å²) in [5.41, 5.74) is -0.292. The van der Waals surface area contributed by atoms with Crippen molar-refractivity contribution in [1.82, 2.24) is 14.7 Å². The van der Waals surface area contributed by atoms with Gasteiger partial charge in [-0.15, -0.1) is 0 Å². The van der Waals surface area contributed by atoms with Crippen LogP contribution in [0, 0.1) is 0 Å². The Morgan fingerprint density at radius 2 is 1.73 bits per heavy atom. The summed E-state index contributed by atoms with van der Waals surface area (Å²) in [7, 11) is -2.24. The van der Waals surface area contributed by atoms with Crippen LogP contribution in [0.4, 0.5) is 10.5 Å². The molecule has 2 rings (SSSR count). The Kier molecular flexibility index (Phi) is 8.44. The highest BCUT2D eigenvalue weighted by atomic mass is 32.2. The van der Waals surface area contributed by atoms with Gasteiger partial charge < -0.3 is 19.9 Å². The number of hydrogen-bond donors (Lipinski definition) is 2. The minimum absolute atomic E-state index is 0.0121. The van der Waals surface area contributed by atoms with E-state index in [1.165, 1.54) is 18.2 Å². The van der Waals surface area contributed by atoms with Crippen LogP contribution in [0.2, 0.25) is 0 Å². The Morgan fingerprint density at radius 1 is 1.15 bits per heavy atom. The number of hydrogen-bond acceptors (Lipinski definition) is 7. The number of primary sulfonamides is 1. The molecule has 1 atom stereocenters. The molecular weight excluding hydrogens is 450 g/mol. The maximum Gasteiger partial charge on any atom is 0.410 e. The first kappa shape index (κ1) is 26.6. The van der Waals surface area contributed by atoms with Crippen molar-refractivity contribution in [2.24, 2.45) is 5.14 Å². The molecule has 12 heteroatoms. The van der Waals surface area contributed by atoms with Crippen molar-refractivity contribution in [3.63, 3.8) is 0 Å². The van der Waals surface area contributed by atoms with E-state index in [0.717, 1.165) is 0 Å². The summed E-state index contributed by atoms with van der Waals surface area (Å²) in [6.45, 7) is 8.57. The predicted molar refractivity (Wildman–Crippen MR) is 123 cm³/mol. The molecule has 1 aliphatic heterocycles. The molecule has 0 spiro atoms. The van der Waals surface area contributed by atoms with Crippen LogP contribution >= 0.6 is 0 Å². The fraction of sp³-hybridized carbons (Fsp3) is 0.571. The third-order valence-corrected chi connectivity index (χ3v) is 6.05. The highest BCUT2D eigenvalue weighted by molar-refractivity contribution is 7.89. The van der Waals surface area contributed by atoms with Gasteiger partial charge in [-0.25, -0.2) is 18.4 Å². The number of nitrogens with one attached hydrogen (secondary N) is 1. The molecule has 1 heterocycles. The summed E-state index contributed by atoms with van der Waals surface area (Å²) in [5, 5.41) is 7.76. The van der Waals surface area contributed by atoms with Gasteiger partial charge in [0, 0.05) is 31.9 Å². The lowest BCUT2D eigenvalue weighted by Gasteiger charge is -2.36. The standard InChI is InChI=1S/C21H33N5O6S/c1-15(19(28)23-16-7-6-8-17(13-16)33(22,30)31)24(5)14-18(27)25-9-11-26(12-10-25)20(29)32-21(2,3)4/h6-8,13,15H,9-12,14H2,1-5H3,(H,23,28)(H2,22,30,31)/t15-/m0/s1. The first-order valence-electron chi connectivity index (χ1n) is 10.6. The zero-order valence-electron chi connectivity index (χ0n) is 19.7. The minimum Gasteiger partial charge on any atom is -0.444 e. The molecule has 1 aromatic rings. The number of piperazine rings is 1. The number of likely N-dealkylation sites (N-methyl/N-ethyl adjacent to an activating group) is 1.